The van der Waals surface area contributed by atoms with Crippen LogP contribution in [0.2, 0.25) is 0 Å². The van der Waals surface area contributed by atoms with Gasteiger partial charge < -0.3 is 5.11 Å². The van der Waals surface area contributed by atoms with Gasteiger partial charge in [0.15, 0.2) is 0 Å². The molecule has 1 N–H and O–H groups in total. The summed E-state index contributed by atoms with van der Waals surface area (Å²) in [5.74, 6) is 0.205. The summed E-state index contributed by atoms with van der Waals surface area (Å²) >= 11 is 1.60. The number of fused-ring (bicyclic) bond motifs is 3. The van der Waals surface area contributed by atoms with Crippen molar-refractivity contribution in [3.8, 4) is 34.0 Å². The number of aromatic hydroxyl groups is 1. The third-order valence-corrected chi connectivity index (χ3v) is 9.48. The molecule has 0 saturated carbocycles. The second kappa shape index (κ2) is 13.0. The molecule has 7 rings (SSSR count). The van der Waals surface area contributed by atoms with E-state index in [9.17, 15) is 5.11 Å². The van der Waals surface area contributed by atoms with Crippen LogP contribution < -0.4 is 0 Å². The number of rotatable bonds is 5. The van der Waals surface area contributed by atoms with Crippen LogP contribution >= 0.6 is 11.8 Å². The second-order valence-corrected chi connectivity index (χ2v) is 15.1. The van der Waals surface area contributed by atoms with E-state index >= 15 is 0 Å². The smallest absolute Gasteiger partial charge is 0.146 e. The van der Waals surface area contributed by atoms with Gasteiger partial charge in [0.05, 0.1) is 22.6 Å². The van der Waals surface area contributed by atoms with Gasteiger partial charge in [-0.2, -0.15) is 30.3 Å². The van der Waals surface area contributed by atoms with E-state index < -0.39 is 0 Å². The van der Waals surface area contributed by atoms with Crippen LogP contribution in [0.15, 0.2) is 125 Å². The van der Waals surface area contributed by atoms with E-state index in [4.69, 9.17) is 9.97 Å². The summed E-state index contributed by atoms with van der Waals surface area (Å²) in [6.45, 7) is 13.4. The van der Waals surface area contributed by atoms with Gasteiger partial charge in [-0.25, -0.2) is 9.97 Å². The summed E-state index contributed by atoms with van der Waals surface area (Å²) in [5, 5.41) is 14.2. The van der Waals surface area contributed by atoms with Crippen LogP contribution in [0.1, 0.15) is 52.7 Å². The third-order valence-electron chi connectivity index (χ3n) is 8.59. The van der Waals surface area contributed by atoms with E-state index in [-0.39, 0.29) is 37.6 Å². The van der Waals surface area contributed by atoms with Crippen LogP contribution in [-0.2, 0) is 31.9 Å². The Balaban J connectivity index is 0.00000401. The predicted molar refractivity (Wildman–Crippen MR) is 196 cm³/mol. The van der Waals surface area contributed by atoms with E-state index in [1.54, 1.807) is 17.8 Å². The van der Waals surface area contributed by atoms with Crippen LogP contribution in [0.25, 0.3) is 50.1 Å². The molecule has 0 spiro atoms. The molecule has 6 heteroatoms. The van der Waals surface area contributed by atoms with E-state index in [2.05, 4.69) is 119 Å². The minimum absolute atomic E-state index is 0. The first-order valence-electron chi connectivity index (χ1n) is 16.0. The van der Waals surface area contributed by atoms with Crippen molar-refractivity contribution < 1.29 is 26.2 Å². The number of aromatic nitrogens is 3. The molecule has 4 aromatic carbocycles. The maximum atomic E-state index is 11.1. The first kappa shape index (κ1) is 33.7. The average molecular weight is 828 g/mol. The molecule has 0 bridgehead atoms. The first-order valence-corrected chi connectivity index (χ1v) is 16.8. The van der Waals surface area contributed by atoms with Gasteiger partial charge in [-0.3, -0.25) is 4.57 Å². The van der Waals surface area contributed by atoms with Gasteiger partial charge >= 0.3 is 0 Å². The van der Waals surface area contributed by atoms with Gasteiger partial charge in [-0.1, -0.05) is 107 Å². The summed E-state index contributed by atoms with van der Waals surface area (Å²) < 4.78 is 2.10. The molecular formula is C42H38N3OPtS-. The van der Waals surface area contributed by atoms with Gasteiger partial charge in [0, 0.05) is 31.8 Å². The van der Waals surface area contributed by atoms with Crippen molar-refractivity contribution in [3.63, 3.8) is 0 Å². The van der Waals surface area contributed by atoms with E-state index in [0.29, 0.717) is 5.69 Å². The van der Waals surface area contributed by atoms with Crippen molar-refractivity contribution >= 4 is 33.7 Å². The third kappa shape index (κ3) is 6.46. The molecule has 0 aliphatic heterocycles. The fraction of sp³-hybridized carbons (Fsp3) is 0.190. The maximum absolute atomic E-state index is 11.1. The number of hydrogen-bond donors (Lipinski definition) is 1. The normalized spacial score (nSPS) is 12.0. The molecule has 0 atom stereocenters. The van der Waals surface area contributed by atoms with Crippen molar-refractivity contribution in [2.45, 2.75) is 62.3 Å². The Labute approximate surface area is 301 Å². The quantitative estimate of drug-likeness (QED) is 0.176. The van der Waals surface area contributed by atoms with Crippen molar-refractivity contribution in [1.82, 2.24) is 14.5 Å². The Bertz CT molecular complexity index is 2250. The zero-order valence-electron chi connectivity index (χ0n) is 28.0. The monoisotopic (exact) mass is 827 g/mol. The Morgan fingerprint density at radius 1 is 0.688 bits per heavy atom. The molecule has 3 aromatic heterocycles. The number of benzene rings is 4. The molecule has 0 aliphatic carbocycles. The molecule has 0 saturated heterocycles. The summed E-state index contributed by atoms with van der Waals surface area (Å²) in [4.78, 5) is 11.8. The largest absolute Gasteiger partial charge is 0.506 e. The molecule has 0 radical (unpaired) electrons. The summed E-state index contributed by atoms with van der Waals surface area (Å²) in [5.41, 5.74) is 8.42. The summed E-state index contributed by atoms with van der Waals surface area (Å²) in [6, 6.07) is 42.5. The number of nitrogens with zero attached hydrogens (tertiary/aromatic N) is 3. The number of pyridine rings is 2. The van der Waals surface area contributed by atoms with Gasteiger partial charge in [0.2, 0.25) is 0 Å². The average Bonchev–Trinajstić information content (AvgIpc) is 3.37. The van der Waals surface area contributed by atoms with Gasteiger partial charge in [-0.05, 0) is 75.5 Å². The van der Waals surface area contributed by atoms with E-state index in [1.807, 2.05) is 42.5 Å². The molecule has 0 fully saturated rings. The van der Waals surface area contributed by atoms with Gasteiger partial charge in [-0.15, -0.1) is 0 Å². The topological polar surface area (TPSA) is 50.9 Å². The van der Waals surface area contributed by atoms with Gasteiger partial charge in [0.25, 0.3) is 0 Å². The Kier molecular flexibility index (Phi) is 9.15. The molecular weight excluding hydrogens is 790 g/mol. The second-order valence-electron chi connectivity index (χ2n) is 14.1. The Hall–Kier alpha value is -4.18. The molecule has 3 heterocycles. The maximum Gasteiger partial charge on any atom is 0.146 e. The van der Waals surface area contributed by atoms with Gasteiger partial charge in [0.1, 0.15) is 16.4 Å². The summed E-state index contributed by atoms with van der Waals surface area (Å²) in [7, 11) is 0. The molecule has 7 aromatic rings. The fourth-order valence-corrected chi connectivity index (χ4v) is 6.92. The SMILES string of the molecule is CC(C)(C)c1ccc2c(c1)c1cc(C(C)(C)C)c(-c3cc(-c4ccccc4)cc(Sc4[c-]cccc4)n3)nc1n2-c1ccccc1O.[Pt]. The van der Waals surface area contributed by atoms with Crippen molar-refractivity contribution in [2.75, 3.05) is 0 Å². The molecule has 48 heavy (non-hydrogen) atoms. The molecule has 0 aliphatic rings. The standard InChI is InChI=1S/C42H38N3OS.Pt/c1-41(2,3)29-21-22-35-31(25-29)32-26-33(42(4,5)6)39(44-40(32)45(35)36-19-13-14-20-37(36)46)34-23-28(27-15-9-7-10-16-27)24-38(43-34)47-30-17-11-8-12-18-30;/h7-17,19-26,46H,1-6H3;/q-1;. The van der Waals surface area contributed by atoms with E-state index in [1.165, 1.54) is 5.56 Å². The molecule has 0 unspecified atom stereocenters. The zero-order valence-corrected chi connectivity index (χ0v) is 31.1. The number of phenols is 1. The Morgan fingerprint density at radius 3 is 2.10 bits per heavy atom. The van der Waals surface area contributed by atoms with Crippen LogP contribution in [0.5, 0.6) is 5.75 Å². The predicted octanol–water partition coefficient (Wildman–Crippen LogP) is 11.2. The number of phenolic OH excluding ortho intramolecular Hbond substituents is 1. The number of para-hydroxylation sites is 2. The minimum Gasteiger partial charge on any atom is -0.506 e. The van der Waals surface area contributed by atoms with E-state index in [0.717, 1.165) is 59.9 Å². The van der Waals surface area contributed by atoms with Crippen molar-refractivity contribution in [3.05, 3.63) is 132 Å². The molecule has 0 amide bonds. The van der Waals surface area contributed by atoms with Crippen molar-refractivity contribution in [2.24, 2.45) is 0 Å². The first-order chi connectivity index (χ1) is 22.5. The minimum atomic E-state index is -0.230. The zero-order chi connectivity index (χ0) is 32.9. The Morgan fingerprint density at radius 2 is 1.42 bits per heavy atom. The van der Waals surface area contributed by atoms with Crippen molar-refractivity contribution in [1.29, 1.82) is 0 Å². The van der Waals surface area contributed by atoms with Crippen LogP contribution in [0, 0.1) is 6.07 Å². The number of hydrogen-bond acceptors (Lipinski definition) is 4. The fourth-order valence-electron chi connectivity index (χ4n) is 6.09. The summed E-state index contributed by atoms with van der Waals surface area (Å²) in [6.07, 6.45) is 0. The molecule has 4 nitrogen and oxygen atoms in total. The van der Waals surface area contributed by atoms with Crippen LogP contribution in [-0.4, -0.2) is 19.6 Å². The van der Waals surface area contributed by atoms with Crippen LogP contribution in [0.3, 0.4) is 0 Å². The van der Waals surface area contributed by atoms with Crippen LogP contribution in [0.4, 0.5) is 0 Å². The molecule has 244 valence electrons.